The maximum atomic E-state index is 12.7. The third-order valence-electron chi connectivity index (χ3n) is 5.00. The molecule has 0 unspecified atom stereocenters. The van der Waals surface area contributed by atoms with Gasteiger partial charge in [-0.2, -0.15) is 0 Å². The molecule has 8 nitrogen and oxygen atoms in total. The number of nitrogens with one attached hydrogen (secondary N) is 1. The van der Waals surface area contributed by atoms with Crippen LogP contribution in [0.5, 0.6) is 5.75 Å². The Morgan fingerprint density at radius 1 is 0.968 bits per heavy atom. The van der Waals surface area contributed by atoms with E-state index in [1.165, 1.54) is 32.2 Å². The second-order valence-electron chi connectivity index (χ2n) is 7.04. The topological polar surface area (TPSA) is 96.0 Å². The summed E-state index contributed by atoms with van der Waals surface area (Å²) in [6.45, 7) is 3.57. The van der Waals surface area contributed by atoms with Crippen LogP contribution in [0.1, 0.15) is 12.5 Å². The molecular weight excluding hydrogens is 418 g/mol. The average Bonchev–Trinajstić information content (AvgIpc) is 2.78. The number of rotatable bonds is 6. The van der Waals surface area contributed by atoms with Gasteiger partial charge in [-0.3, -0.25) is 14.3 Å². The Balaban J connectivity index is 1.63. The second kappa shape index (κ2) is 9.65. The van der Waals surface area contributed by atoms with Gasteiger partial charge in [0.25, 0.3) is 10.0 Å². The first-order valence-corrected chi connectivity index (χ1v) is 11.3. The van der Waals surface area contributed by atoms with Crippen molar-refractivity contribution in [2.45, 2.75) is 11.8 Å². The monoisotopic (exact) mass is 443 g/mol. The number of nitrogens with zero attached hydrogens (tertiary/aromatic N) is 2. The number of benzene rings is 2. The lowest BCUT2D eigenvalue weighted by Gasteiger charge is -2.33. The highest BCUT2D eigenvalue weighted by atomic mass is 32.2. The molecule has 1 heterocycles. The van der Waals surface area contributed by atoms with Gasteiger partial charge in [-0.25, -0.2) is 8.42 Å². The summed E-state index contributed by atoms with van der Waals surface area (Å²) < 4.78 is 33.0. The normalized spacial score (nSPS) is 14.5. The van der Waals surface area contributed by atoms with E-state index >= 15 is 0 Å². The van der Waals surface area contributed by atoms with Gasteiger partial charge in [-0.05, 0) is 35.9 Å². The number of anilines is 1. The number of carbonyl (C=O) groups is 2. The molecule has 1 saturated heterocycles. The molecule has 0 radical (unpaired) electrons. The lowest BCUT2D eigenvalue weighted by atomic mass is 10.2. The summed E-state index contributed by atoms with van der Waals surface area (Å²) in [6, 6.07) is 13.0. The zero-order valence-electron chi connectivity index (χ0n) is 17.4. The van der Waals surface area contributed by atoms with E-state index in [-0.39, 0.29) is 16.7 Å². The zero-order chi connectivity index (χ0) is 22.4. The van der Waals surface area contributed by atoms with Gasteiger partial charge in [-0.15, -0.1) is 0 Å². The van der Waals surface area contributed by atoms with Crippen molar-refractivity contribution in [3.8, 4) is 5.75 Å². The van der Waals surface area contributed by atoms with Crippen molar-refractivity contribution in [1.82, 2.24) is 9.80 Å². The van der Waals surface area contributed by atoms with E-state index in [9.17, 15) is 18.0 Å². The van der Waals surface area contributed by atoms with E-state index in [0.29, 0.717) is 43.2 Å². The number of amides is 2. The van der Waals surface area contributed by atoms with Gasteiger partial charge in [0.2, 0.25) is 11.8 Å². The van der Waals surface area contributed by atoms with Crippen LogP contribution < -0.4 is 9.46 Å². The summed E-state index contributed by atoms with van der Waals surface area (Å²) in [5, 5.41) is 0. The summed E-state index contributed by atoms with van der Waals surface area (Å²) >= 11 is 0. The maximum Gasteiger partial charge on any atom is 0.262 e. The average molecular weight is 444 g/mol. The number of carbonyl (C=O) groups excluding carboxylic acids is 2. The Bertz CT molecular complexity index is 1070. The van der Waals surface area contributed by atoms with Crippen LogP contribution in [0.3, 0.4) is 0 Å². The van der Waals surface area contributed by atoms with Crippen molar-refractivity contribution in [2.24, 2.45) is 0 Å². The van der Waals surface area contributed by atoms with Crippen molar-refractivity contribution in [2.75, 3.05) is 38.0 Å². The van der Waals surface area contributed by atoms with E-state index in [1.807, 2.05) is 0 Å². The van der Waals surface area contributed by atoms with Gasteiger partial charge >= 0.3 is 0 Å². The minimum absolute atomic E-state index is 0.0119. The van der Waals surface area contributed by atoms with Crippen LogP contribution in [0.2, 0.25) is 0 Å². The molecule has 1 aliphatic rings. The highest BCUT2D eigenvalue weighted by Crippen LogP contribution is 2.26. The third-order valence-corrected chi connectivity index (χ3v) is 6.38. The van der Waals surface area contributed by atoms with Crippen LogP contribution >= 0.6 is 0 Å². The predicted octanol–water partition coefficient (Wildman–Crippen LogP) is 2.20. The van der Waals surface area contributed by atoms with Crippen molar-refractivity contribution in [1.29, 1.82) is 0 Å². The Morgan fingerprint density at radius 3 is 2.19 bits per heavy atom. The first-order chi connectivity index (χ1) is 14.8. The molecule has 9 heteroatoms. The van der Waals surface area contributed by atoms with Crippen molar-refractivity contribution in [3.63, 3.8) is 0 Å². The summed E-state index contributed by atoms with van der Waals surface area (Å²) in [5.74, 6) is 0.295. The molecule has 0 saturated carbocycles. The highest BCUT2D eigenvalue weighted by molar-refractivity contribution is 7.92. The van der Waals surface area contributed by atoms with E-state index in [1.54, 1.807) is 52.3 Å². The molecule has 2 aromatic carbocycles. The molecule has 2 aromatic rings. The van der Waals surface area contributed by atoms with E-state index in [2.05, 4.69) is 4.72 Å². The van der Waals surface area contributed by atoms with Gasteiger partial charge < -0.3 is 14.5 Å². The lowest BCUT2D eigenvalue weighted by Crippen LogP contribution is -2.49. The Kier molecular flexibility index (Phi) is 6.96. The molecule has 2 amide bonds. The Hall–Kier alpha value is -3.33. The molecule has 0 aromatic heterocycles. The molecular formula is C22H25N3O5S. The standard InChI is InChI=1S/C22H25N3O5S/c1-17(26)24-13-15-25(16-14-24)22(27)12-9-18-7-10-19(11-8-18)31(28,29)23-20-5-3-4-6-21(20)30-2/h3-12,23H,13-16H2,1-2H3. The number of ether oxygens (including phenoxy) is 1. The second-order valence-corrected chi connectivity index (χ2v) is 8.72. The van der Waals surface area contributed by atoms with Crippen molar-refractivity contribution < 1.29 is 22.7 Å². The van der Waals surface area contributed by atoms with Crippen LogP contribution in [-0.2, 0) is 19.6 Å². The first kappa shape index (κ1) is 22.4. The molecule has 0 aliphatic carbocycles. The maximum absolute atomic E-state index is 12.7. The quantitative estimate of drug-likeness (QED) is 0.691. The molecule has 164 valence electrons. The number of hydrogen-bond acceptors (Lipinski definition) is 5. The summed E-state index contributed by atoms with van der Waals surface area (Å²) in [7, 11) is -2.31. The largest absolute Gasteiger partial charge is 0.495 e. The molecule has 0 atom stereocenters. The number of methoxy groups -OCH3 is 1. The minimum atomic E-state index is -3.78. The number of sulfonamides is 1. The molecule has 0 bridgehead atoms. The fourth-order valence-corrected chi connectivity index (χ4v) is 4.28. The lowest BCUT2D eigenvalue weighted by molar-refractivity contribution is -0.135. The highest BCUT2D eigenvalue weighted by Gasteiger charge is 2.21. The van der Waals surface area contributed by atoms with Crippen LogP contribution in [0.25, 0.3) is 6.08 Å². The molecule has 0 spiro atoms. The van der Waals surface area contributed by atoms with Gasteiger partial charge in [0.1, 0.15) is 5.75 Å². The van der Waals surface area contributed by atoms with Crippen molar-refractivity contribution >= 4 is 33.6 Å². The van der Waals surface area contributed by atoms with Gasteiger partial charge in [0.15, 0.2) is 0 Å². The molecule has 31 heavy (non-hydrogen) atoms. The summed E-state index contributed by atoms with van der Waals surface area (Å²) in [4.78, 5) is 27.2. The summed E-state index contributed by atoms with van der Waals surface area (Å²) in [6.07, 6.45) is 3.10. The van der Waals surface area contributed by atoms with Gasteiger partial charge in [0, 0.05) is 39.2 Å². The Labute approximate surface area is 182 Å². The smallest absolute Gasteiger partial charge is 0.262 e. The molecule has 1 N–H and O–H groups in total. The van der Waals surface area contributed by atoms with E-state index < -0.39 is 10.0 Å². The Morgan fingerprint density at radius 2 is 1.58 bits per heavy atom. The number of para-hydroxylation sites is 2. The van der Waals surface area contributed by atoms with E-state index in [4.69, 9.17) is 4.74 Å². The van der Waals surface area contributed by atoms with Crippen molar-refractivity contribution in [3.05, 3.63) is 60.2 Å². The zero-order valence-corrected chi connectivity index (χ0v) is 18.3. The number of hydrogen-bond donors (Lipinski definition) is 1. The van der Waals surface area contributed by atoms with Crippen LogP contribution in [0, 0.1) is 0 Å². The van der Waals surface area contributed by atoms with Crippen LogP contribution in [0.4, 0.5) is 5.69 Å². The summed E-state index contributed by atoms with van der Waals surface area (Å²) in [5.41, 5.74) is 1.05. The predicted molar refractivity (Wildman–Crippen MR) is 118 cm³/mol. The fourth-order valence-electron chi connectivity index (χ4n) is 3.21. The first-order valence-electron chi connectivity index (χ1n) is 9.78. The third kappa shape index (κ3) is 5.64. The number of piperazine rings is 1. The van der Waals surface area contributed by atoms with Crippen LogP contribution in [-0.4, -0.2) is 63.3 Å². The van der Waals surface area contributed by atoms with Gasteiger partial charge in [0.05, 0.1) is 17.7 Å². The van der Waals surface area contributed by atoms with Crippen LogP contribution in [0.15, 0.2) is 59.5 Å². The fraction of sp³-hybridized carbons (Fsp3) is 0.273. The molecule has 3 rings (SSSR count). The molecule has 1 fully saturated rings. The SMILES string of the molecule is COc1ccccc1NS(=O)(=O)c1ccc(C=CC(=O)N2CCN(C(C)=O)CC2)cc1. The van der Waals surface area contributed by atoms with Gasteiger partial charge in [-0.1, -0.05) is 24.3 Å². The minimum Gasteiger partial charge on any atom is -0.495 e. The van der Waals surface area contributed by atoms with E-state index in [0.717, 1.165) is 0 Å². The molecule has 1 aliphatic heterocycles.